The molecule has 0 saturated heterocycles. The third-order valence-electron chi connectivity index (χ3n) is 4.03. The number of aromatic hydroxyl groups is 2. The normalized spacial score (nSPS) is 11.9. The molecule has 11 nitrogen and oxygen atoms in total. The first-order valence-corrected chi connectivity index (χ1v) is 9.35. The quantitative estimate of drug-likeness (QED) is 0.162. The van der Waals surface area contributed by atoms with Gasteiger partial charge in [0.25, 0.3) is 15.8 Å². The zero-order valence-electron chi connectivity index (χ0n) is 14.8. The number of phenols is 2. The maximum absolute atomic E-state index is 11.8. The van der Waals surface area contributed by atoms with Crippen molar-refractivity contribution in [2.75, 3.05) is 5.73 Å². The third kappa shape index (κ3) is 3.79. The highest BCUT2D eigenvalue weighted by molar-refractivity contribution is 7.86. The lowest BCUT2D eigenvalue weighted by Gasteiger charge is -2.11. The van der Waals surface area contributed by atoms with Crippen molar-refractivity contribution < 1.29 is 28.1 Å². The lowest BCUT2D eigenvalue weighted by Crippen LogP contribution is -2.00. The molecule has 0 aliphatic heterocycles. The van der Waals surface area contributed by atoms with E-state index in [0.29, 0.717) is 5.56 Å². The number of rotatable bonds is 4. The summed E-state index contributed by atoms with van der Waals surface area (Å²) in [6.45, 7) is 1.71. The summed E-state index contributed by atoms with van der Waals surface area (Å²) in [5.41, 5.74) is 5.35. The minimum Gasteiger partial charge on any atom is -0.506 e. The Kier molecular flexibility index (Phi) is 4.82. The van der Waals surface area contributed by atoms with E-state index in [1.54, 1.807) is 19.1 Å². The predicted molar refractivity (Wildman–Crippen MR) is 104 cm³/mol. The molecular formula is C17H14N4O7S. The van der Waals surface area contributed by atoms with Gasteiger partial charge in [-0.15, -0.1) is 10.2 Å². The van der Waals surface area contributed by atoms with E-state index in [1.165, 1.54) is 0 Å². The SMILES string of the molecule is Cc1cc(N)c2c(O)c(N=Nc3cc([N+](=O)[O-])ccc3O)c(S(=O)(=O)O)cc2c1. The highest BCUT2D eigenvalue weighted by Crippen LogP contribution is 2.44. The minimum atomic E-state index is -4.83. The number of aryl methyl sites for hydroxylation is 1. The average molecular weight is 418 g/mol. The summed E-state index contributed by atoms with van der Waals surface area (Å²) in [6.07, 6.45) is 0. The summed E-state index contributed by atoms with van der Waals surface area (Å²) in [4.78, 5) is 9.40. The fourth-order valence-corrected chi connectivity index (χ4v) is 3.44. The minimum absolute atomic E-state index is 0.0835. The summed E-state index contributed by atoms with van der Waals surface area (Å²) in [5, 5.41) is 38.8. The molecule has 3 aromatic carbocycles. The second-order valence-corrected chi connectivity index (χ2v) is 7.52. The van der Waals surface area contributed by atoms with Gasteiger partial charge < -0.3 is 15.9 Å². The van der Waals surface area contributed by atoms with Crippen molar-refractivity contribution >= 4 is 43.6 Å². The van der Waals surface area contributed by atoms with Crippen LogP contribution in [0.25, 0.3) is 10.8 Å². The molecule has 0 bridgehead atoms. The van der Waals surface area contributed by atoms with E-state index in [4.69, 9.17) is 5.73 Å². The molecule has 0 aromatic heterocycles. The van der Waals surface area contributed by atoms with Crippen LogP contribution in [0.2, 0.25) is 0 Å². The molecule has 150 valence electrons. The van der Waals surface area contributed by atoms with Crippen LogP contribution in [0.3, 0.4) is 0 Å². The first kappa shape index (κ1) is 20.0. The average Bonchev–Trinajstić information content (AvgIpc) is 2.60. The maximum atomic E-state index is 11.8. The van der Waals surface area contributed by atoms with E-state index in [9.17, 15) is 33.3 Å². The number of azo groups is 1. The second-order valence-electron chi connectivity index (χ2n) is 6.13. The van der Waals surface area contributed by atoms with Crippen molar-refractivity contribution in [2.24, 2.45) is 10.2 Å². The molecular weight excluding hydrogens is 404 g/mol. The Labute approximate surface area is 163 Å². The third-order valence-corrected chi connectivity index (χ3v) is 4.90. The Balaban J connectivity index is 2.29. The summed E-state index contributed by atoms with van der Waals surface area (Å²) in [6, 6.07) is 7.11. The molecule has 0 heterocycles. The van der Waals surface area contributed by atoms with Gasteiger partial charge in [-0.2, -0.15) is 8.42 Å². The predicted octanol–water partition coefficient (Wildman–Crippen LogP) is 3.71. The Hall–Kier alpha value is -3.77. The summed E-state index contributed by atoms with van der Waals surface area (Å²) < 4.78 is 33.2. The molecule has 3 aromatic rings. The molecule has 29 heavy (non-hydrogen) atoms. The van der Waals surface area contributed by atoms with Gasteiger partial charge in [-0.25, -0.2) is 0 Å². The number of nitro groups is 1. The van der Waals surface area contributed by atoms with Crippen molar-refractivity contribution in [3.63, 3.8) is 0 Å². The van der Waals surface area contributed by atoms with Gasteiger partial charge in [0.05, 0.1) is 4.92 Å². The van der Waals surface area contributed by atoms with Gasteiger partial charge in [-0.05, 0) is 36.1 Å². The zero-order valence-corrected chi connectivity index (χ0v) is 15.6. The van der Waals surface area contributed by atoms with E-state index >= 15 is 0 Å². The Bertz CT molecular complexity index is 1300. The monoisotopic (exact) mass is 418 g/mol. The molecule has 0 spiro atoms. The Morgan fingerprint density at radius 2 is 1.79 bits per heavy atom. The molecule has 0 atom stereocenters. The van der Waals surface area contributed by atoms with E-state index in [0.717, 1.165) is 24.3 Å². The van der Waals surface area contributed by atoms with Crippen LogP contribution in [0, 0.1) is 17.0 Å². The van der Waals surface area contributed by atoms with Gasteiger partial charge in [0.15, 0.2) is 5.75 Å². The van der Waals surface area contributed by atoms with Crippen LogP contribution < -0.4 is 5.73 Å². The molecule has 0 aliphatic carbocycles. The van der Waals surface area contributed by atoms with E-state index in [1.807, 2.05) is 0 Å². The molecule has 3 rings (SSSR count). The number of nitrogens with zero attached hydrogens (tertiary/aromatic N) is 3. The van der Waals surface area contributed by atoms with E-state index in [-0.39, 0.29) is 22.1 Å². The van der Waals surface area contributed by atoms with Crippen LogP contribution in [-0.2, 0) is 10.1 Å². The van der Waals surface area contributed by atoms with Gasteiger partial charge in [-0.1, -0.05) is 6.07 Å². The highest BCUT2D eigenvalue weighted by Gasteiger charge is 2.23. The number of benzene rings is 3. The van der Waals surface area contributed by atoms with Crippen molar-refractivity contribution in [3.05, 3.63) is 52.1 Å². The number of nitro benzene ring substituents is 1. The molecule has 0 amide bonds. The number of nitrogens with two attached hydrogens (primary N) is 1. The number of hydrogen-bond acceptors (Lipinski definition) is 9. The van der Waals surface area contributed by atoms with Gasteiger partial charge in [0, 0.05) is 23.2 Å². The maximum Gasteiger partial charge on any atom is 0.296 e. The lowest BCUT2D eigenvalue weighted by atomic mass is 10.0. The van der Waals surface area contributed by atoms with Crippen LogP contribution in [-0.4, -0.2) is 28.1 Å². The van der Waals surface area contributed by atoms with Gasteiger partial charge in [0.1, 0.15) is 22.0 Å². The smallest absolute Gasteiger partial charge is 0.296 e. The molecule has 12 heteroatoms. The van der Waals surface area contributed by atoms with Crippen LogP contribution in [0.1, 0.15) is 5.56 Å². The number of nitrogen functional groups attached to an aromatic ring is 1. The highest BCUT2D eigenvalue weighted by atomic mass is 32.2. The van der Waals surface area contributed by atoms with Crippen LogP contribution in [0.15, 0.2) is 51.5 Å². The molecule has 5 N–H and O–H groups in total. The lowest BCUT2D eigenvalue weighted by molar-refractivity contribution is -0.384. The van der Waals surface area contributed by atoms with Gasteiger partial charge in [-0.3, -0.25) is 14.7 Å². The van der Waals surface area contributed by atoms with Gasteiger partial charge >= 0.3 is 0 Å². The first-order valence-electron chi connectivity index (χ1n) is 7.91. The van der Waals surface area contributed by atoms with Gasteiger partial charge in [0.2, 0.25) is 0 Å². The number of fused-ring (bicyclic) bond motifs is 1. The first-order chi connectivity index (χ1) is 13.5. The number of phenolic OH excluding ortho intramolecular Hbond substituents is 2. The fourth-order valence-electron chi connectivity index (χ4n) is 2.78. The van der Waals surface area contributed by atoms with Crippen molar-refractivity contribution in [2.45, 2.75) is 11.8 Å². The molecule has 0 saturated carbocycles. The number of non-ortho nitro benzene ring substituents is 1. The number of anilines is 1. The summed E-state index contributed by atoms with van der Waals surface area (Å²) in [5.74, 6) is -1.13. The second kappa shape index (κ2) is 7.00. The molecule has 0 radical (unpaired) electrons. The van der Waals surface area contributed by atoms with Crippen molar-refractivity contribution in [1.29, 1.82) is 0 Å². The van der Waals surface area contributed by atoms with Crippen LogP contribution >= 0.6 is 0 Å². The van der Waals surface area contributed by atoms with E-state index < -0.39 is 42.8 Å². The number of hydrogen-bond donors (Lipinski definition) is 4. The Morgan fingerprint density at radius 3 is 2.41 bits per heavy atom. The van der Waals surface area contributed by atoms with Crippen LogP contribution in [0.5, 0.6) is 11.5 Å². The van der Waals surface area contributed by atoms with Crippen molar-refractivity contribution in [1.82, 2.24) is 0 Å². The Morgan fingerprint density at radius 1 is 1.10 bits per heavy atom. The molecule has 0 unspecified atom stereocenters. The molecule has 0 aliphatic rings. The summed E-state index contributed by atoms with van der Waals surface area (Å²) in [7, 11) is -4.83. The molecule has 0 fully saturated rings. The van der Waals surface area contributed by atoms with Crippen LogP contribution in [0.4, 0.5) is 22.7 Å². The fraction of sp³-hybridized carbons (Fsp3) is 0.0588. The van der Waals surface area contributed by atoms with Crippen molar-refractivity contribution in [3.8, 4) is 11.5 Å². The zero-order chi connectivity index (χ0) is 21.5. The summed E-state index contributed by atoms with van der Waals surface area (Å²) >= 11 is 0. The van der Waals surface area contributed by atoms with E-state index in [2.05, 4.69) is 10.2 Å². The topological polar surface area (TPSA) is 189 Å². The largest absolute Gasteiger partial charge is 0.506 e. The standard InChI is InChI=1S/C17H14N4O7S/c1-8-4-9-6-14(29(26,27)28)16(17(23)15(9)11(18)5-8)20-19-12-7-10(21(24)25)2-3-13(12)22/h2-7,22-23H,18H2,1H3,(H,26,27,28).